The maximum absolute atomic E-state index is 10.8. The summed E-state index contributed by atoms with van der Waals surface area (Å²) in [6.07, 6.45) is 3.38. The molecular formula is C18H18N6O3S. The van der Waals surface area contributed by atoms with Gasteiger partial charge in [-0.2, -0.15) is 0 Å². The Hall–Kier alpha value is -3.11. The SMILES string of the molecule is O=[N+]([O-])c1ccc(N2CCN(Cn3nc(-c4cccnc4)oc3=S)CC2)cc1. The molecule has 2 aromatic heterocycles. The maximum atomic E-state index is 10.8. The Morgan fingerprint density at radius 3 is 2.54 bits per heavy atom. The molecule has 28 heavy (non-hydrogen) atoms. The predicted octanol–water partition coefficient (Wildman–Crippen LogP) is 2.96. The fourth-order valence-corrected chi connectivity index (χ4v) is 3.30. The molecule has 0 radical (unpaired) electrons. The molecule has 144 valence electrons. The lowest BCUT2D eigenvalue weighted by Gasteiger charge is -2.35. The van der Waals surface area contributed by atoms with Gasteiger partial charge < -0.3 is 9.32 Å². The number of non-ortho nitro benzene ring substituents is 1. The third kappa shape index (κ3) is 3.92. The molecule has 0 aliphatic carbocycles. The highest BCUT2D eigenvalue weighted by atomic mass is 32.1. The van der Waals surface area contributed by atoms with Crippen molar-refractivity contribution in [2.45, 2.75) is 6.67 Å². The number of nitro groups is 1. The number of hydrogen-bond donors (Lipinski definition) is 0. The molecule has 0 amide bonds. The first kappa shape index (κ1) is 18.3. The predicted molar refractivity (Wildman–Crippen MR) is 105 cm³/mol. The first-order chi connectivity index (χ1) is 13.6. The third-order valence-electron chi connectivity index (χ3n) is 4.65. The molecule has 9 nitrogen and oxygen atoms in total. The van der Waals surface area contributed by atoms with Crippen LogP contribution in [0.25, 0.3) is 11.5 Å². The molecule has 1 saturated heterocycles. The molecule has 3 aromatic rings. The van der Waals surface area contributed by atoms with Crippen LogP contribution in [0.3, 0.4) is 0 Å². The molecule has 10 heteroatoms. The van der Waals surface area contributed by atoms with Gasteiger partial charge in [0.2, 0.25) is 5.89 Å². The second-order valence-corrected chi connectivity index (χ2v) is 6.78. The summed E-state index contributed by atoms with van der Waals surface area (Å²) in [6, 6.07) is 10.4. The van der Waals surface area contributed by atoms with Crippen LogP contribution in [0.1, 0.15) is 0 Å². The second-order valence-electron chi connectivity index (χ2n) is 6.43. The summed E-state index contributed by atoms with van der Waals surface area (Å²) in [5.74, 6) is 0.461. The van der Waals surface area contributed by atoms with Crippen LogP contribution >= 0.6 is 12.2 Å². The van der Waals surface area contributed by atoms with Crippen molar-refractivity contribution in [1.29, 1.82) is 0 Å². The zero-order valence-electron chi connectivity index (χ0n) is 15.0. The maximum Gasteiger partial charge on any atom is 0.288 e. The van der Waals surface area contributed by atoms with Crippen LogP contribution in [0, 0.1) is 15.0 Å². The van der Waals surface area contributed by atoms with Gasteiger partial charge in [0.15, 0.2) is 0 Å². The molecule has 0 unspecified atom stereocenters. The Morgan fingerprint density at radius 1 is 1.14 bits per heavy atom. The summed E-state index contributed by atoms with van der Waals surface area (Å²) < 4.78 is 7.28. The Balaban J connectivity index is 1.38. The lowest BCUT2D eigenvalue weighted by Crippen LogP contribution is -2.46. The molecule has 1 aromatic carbocycles. The van der Waals surface area contributed by atoms with Gasteiger partial charge in [-0.25, -0.2) is 4.68 Å². The fourth-order valence-electron chi connectivity index (χ4n) is 3.12. The minimum absolute atomic E-state index is 0.104. The quantitative estimate of drug-likeness (QED) is 0.368. The Bertz CT molecular complexity index is 1010. The average molecular weight is 398 g/mol. The number of piperazine rings is 1. The first-order valence-corrected chi connectivity index (χ1v) is 9.21. The number of nitrogens with zero attached hydrogens (tertiary/aromatic N) is 6. The molecule has 1 aliphatic heterocycles. The number of benzene rings is 1. The highest BCUT2D eigenvalue weighted by molar-refractivity contribution is 7.71. The number of aromatic nitrogens is 3. The van der Waals surface area contributed by atoms with E-state index >= 15 is 0 Å². The van der Waals surface area contributed by atoms with Crippen molar-refractivity contribution in [3.8, 4) is 11.5 Å². The molecule has 1 aliphatic rings. The molecule has 4 rings (SSSR count). The molecule has 3 heterocycles. The van der Waals surface area contributed by atoms with E-state index < -0.39 is 0 Å². The summed E-state index contributed by atoms with van der Waals surface area (Å²) in [4.78, 5) is 19.3. The highest BCUT2D eigenvalue weighted by Gasteiger charge is 2.19. The van der Waals surface area contributed by atoms with Crippen LogP contribution < -0.4 is 4.90 Å². The third-order valence-corrected chi connectivity index (χ3v) is 4.94. The van der Waals surface area contributed by atoms with Gasteiger partial charge >= 0.3 is 0 Å². The number of hydrogen-bond acceptors (Lipinski definition) is 8. The molecule has 0 atom stereocenters. The van der Waals surface area contributed by atoms with Gasteiger partial charge in [0.25, 0.3) is 10.5 Å². The van der Waals surface area contributed by atoms with Crippen molar-refractivity contribution in [3.05, 3.63) is 63.7 Å². The minimum Gasteiger partial charge on any atom is -0.409 e. The minimum atomic E-state index is -0.386. The Kier molecular flexibility index (Phi) is 5.13. The van der Waals surface area contributed by atoms with E-state index in [-0.39, 0.29) is 10.6 Å². The van der Waals surface area contributed by atoms with Gasteiger partial charge in [-0.15, -0.1) is 5.10 Å². The fraction of sp³-hybridized carbons (Fsp3) is 0.278. The van der Waals surface area contributed by atoms with Crippen molar-refractivity contribution < 1.29 is 9.34 Å². The largest absolute Gasteiger partial charge is 0.409 e. The van der Waals surface area contributed by atoms with Crippen LogP contribution in [0.4, 0.5) is 11.4 Å². The highest BCUT2D eigenvalue weighted by Crippen LogP contribution is 2.21. The second kappa shape index (κ2) is 7.87. The van der Waals surface area contributed by atoms with Crippen molar-refractivity contribution in [1.82, 2.24) is 19.7 Å². The van der Waals surface area contributed by atoms with Crippen molar-refractivity contribution in [3.63, 3.8) is 0 Å². The van der Waals surface area contributed by atoms with E-state index in [4.69, 9.17) is 16.6 Å². The number of pyridine rings is 1. The lowest BCUT2D eigenvalue weighted by molar-refractivity contribution is -0.384. The van der Waals surface area contributed by atoms with Gasteiger partial charge in [0, 0.05) is 56.4 Å². The molecule has 0 saturated carbocycles. The summed E-state index contributed by atoms with van der Waals surface area (Å²) >= 11 is 5.30. The standard InChI is InChI=1S/C18H18N6O3S/c25-24(26)16-5-3-15(4-6-16)22-10-8-21(9-11-22)13-23-18(28)27-17(20-23)14-2-1-7-19-12-14/h1-7,12H,8-11,13H2. The number of anilines is 1. The normalized spacial score (nSPS) is 14.9. The van der Waals surface area contributed by atoms with Crippen LogP contribution in [-0.4, -0.2) is 50.8 Å². The molecule has 1 fully saturated rings. The van der Waals surface area contributed by atoms with E-state index in [0.717, 1.165) is 37.4 Å². The number of rotatable bonds is 5. The summed E-state index contributed by atoms with van der Waals surface area (Å²) in [6.45, 7) is 3.84. The van der Waals surface area contributed by atoms with Crippen molar-refractivity contribution in [2.75, 3.05) is 31.1 Å². The molecule has 0 N–H and O–H groups in total. The zero-order chi connectivity index (χ0) is 19.5. The van der Waals surface area contributed by atoms with Gasteiger partial charge in [-0.1, -0.05) is 0 Å². The Morgan fingerprint density at radius 2 is 1.89 bits per heavy atom. The topological polar surface area (TPSA) is 93.5 Å². The van der Waals surface area contributed by atoms with E-state index in [9.17, 15) is 10.1 Å². The van der Waals surface area contributed by atoms with Crippen LogP contribution in [-0.2, 0) is 6.67 Å². The first-order valence-electron chi connectivity index (χ1n) is 8.80. The smallest absolute Gasteiger partial charge is 0.288 e. The van der Waals surface area contributed by atoms with Gasteiger partial charge in [0.1, 0.15) is 0 Å². The summed E-state index contributed by atoms with van der Waals surface area (Å²) in [5.41, 5.74) is 1.88. The lowest BCUT2D eigenvalue weighted by atomic mass is 10.2. The van der Waals surface area contributed by atoms with Crippen LogP contribution in [0.5, 0.6) is 0 Å². The van der Waals surface area contributed by atoms with E-state index in [1.807, 2.05) is 12.1 Å². The van der Waals surface area contributed by atoms with Crippen molar-refractivity contribution >= 4 is 23.6 Å². The Labute approximate surface area is 166 Å². The van der Waals surface area contributed by atoms with E-state index in [1.54, 1.807) is 29.2 Å². The molecule has 0 spiro atoms. The summed E-state index contributed by atoms with van der Waals surface area (Å²) in [5, 5.41) is 15.2. The van der Waals surface area contributed by atoms with E-state index in [1.165, 1.54) is 12.1 Å². The van der Waals surface area contributed by atoms with Gasteiger partial charge in [0.05, 0.1) is 17.2 Å². The van der Waals surface area contributed by atoms with E-state index in [2.05, 4.69) is 19.9 Å². The molecular weight excluding hydrogens is 380 g/mol. The van der Waals surface area contributed by atoms with Crippen LogP contribution in [0.15, 0.2) is 53.2 Å². The van der Waals surface area contributed by atoms with Crippen LogP contribution in [0.2, 0.25) is 0 Å². The van der Waals surface area contributed by atoms with Crippen molar-refractivity contribution in [2.24, 2.45) is 0 Å². The van der Waals surface area contributed by atoms with Gasteiger partial charge in [-0.3, -0.25) is 20.0 Å². The number of nitro benzene ring substituents is 1. The molecule has 0 bridgehead atoms. The van der Waals surface area contributed by atoms with Gasteiger partial charge in [-0.05, 0) is 36.5 Å². The zero-order valence-corrected chi connectivity index (χ0v) is 15.8. The van der Waals surface area contributed by atoms with E-state index in [0.29, 0.717) is 17.4 Å². The summed E-state index contributed by atoms with van der Waals surface area (Å²) in [7, 11) is 0. The monoisotopic (exact) mass is 398 g/mol. The average Bonchev–Trinajstić information content (AvgIpc) is 3.10.